The molecular formula is C25H36N4O. The third kappa shape index (κ3) is 6.14. The highest BCUT2D eigenvalue weighted by molar-refractivity contribution is 5.83. The topological polar surface area (TPSA) is 38.8 Å². The van der Waals surface area contributed by atoms with E-state index in [2.05, 4.69) is 77.3 Å². The van der Waals surface area contributed by atoms with Crippen molar-refractivity contribution in [3.05, 3.63) is 71.3 Å². The maximum Gasteiger partial charge on any atom is 0.242 e. The molecule has 2 aromatic carbocycles. The van der Waals surface area contributed by atoms with Crippen LogP contribution in [0.5, 0.6) is 0 Å². The molecule has 3 rings (SSSR count). The summed E-state index contributed by atoms with van der Waals surface area (Å²) in [5.74, 6) is 0.0832. The number of carbonyl (C=O) groups is 1. The van der Waals surface area contributed by atoms with Crippen LogP contribution in [0.25, 0.3) is 0 Å². The summed E-state index contributed by atoms with van der Waals surface area (Å²) in [7, 11) is 2.14. The van der Waals surface area contributed by atoms with Crippen LogP contribution in [0.1, 0.15) is 36.6 Å². The summed E-state index contributed by atoms with van der Waals surface area (Å²) in [6.45, 7) is 11.8. The number of amides is 1. The highest BCUT2D eigenvalue weighted by Gasteiger charge is 2.29. The van der Waals surface area contributed by atoms with E-state index in [0.717, 1.165) is 56.9 Å². The van der Waals surface area contributed by atoms with Crippen LogP contribution in [0.3, 0.4) is 0 Å². The van der Waals surface area contributed by atoms with Crippen molar-refractivity contribution in [2.45, 2.75) is 33.0 Å². The Labute approximate surface area is 181 Å². The van der Waals surface area contributed by atoms with Gasteiger partial charge in [-0.25, -0.2) is 0 Å². The molecule has 1 N–H and O–H groups in total. The Kier molecular flexibility index (Phi) is 8.43. The molecule has 1 heterocycles. The Balaban J connectivity index is 1.67. The number of carbonyl (C=O) groups excluding carboxylic acids is 1. The van der Waals surface area contributed by atoms with Crippen molar-refractivity contribution in [2.75, 3.05) is 46.3 Å². The van der Waals surface area contributed by atoms with Crippen molar-refractivity contribution in [2.24, 2.45) is 0 Å². The molecule has 30 heavy (non-hydrogen) atoms. The molecule has 1 saturated heterocycles. The Morgan fingerprint density at radius 1 is 0.967 bits per heavy atom. The van der Waals surface area contributed by atoms with E-state index in [-0.39, 0.29) is 11.9 Å². The second-order valence-electron chi connectivity index (χ2n) is 8.15. The van der Waals surface area contributed by atoms with Crippen LogP contribution in [0.4, 0.5) is 0 Å². The van der Waals surface area contributed by atoms with Crippen LogP contribution in [0.2, 0.25) is 0 Å². The van der Waals surface area contributed by atoms with Gasteiger partial charge in [0.1, 0.15) is 6.04 Å². The van der Waals surface area contributed by atoms with Gasteiger partial charge in [-0.1, -0.05) is 68.4 Å². The van der Waals surface area contributed by atoms with E-state index >= 15 is 0 Å². The summed E-state index contributed by atoms with van der Waals surface area (Å²) in [6, 6.07) is 18.5. The van der Waals surface area contributed by atoms with Gasteiger partial charge in [-0.2, -0.15) is 0 Å². The lowest BCUT2D eigenvalue weighted by Crippen LogP contribution is -2.49. The lowest BCUT2D eigenvalue weighted by Gasteiger charge is -2.37. The standard InChI is InChI=1S/C25H36N4O/c1-4-28(5-2)20-22-11-9-10-21(18-22)19-26-25(30)24(23-12-7-6-8-13-23)29-16-14-27(3)15-17-29/h6-13,18,24H,4-5,14-17,19-20H2,1-3H3,(H,26,30)/t24-/m0/s1. The molecule has 5 nitrogen and oxygen atoms in total. The number of rotatable bonds is 9. The molecule has 0 spiro atoms. The lowest BCUT2D eigenvalue weighted by atomic mass is 10.0. The minimum absolute atomic E-state index is 0.0832. The van der Waals surface area contributed by atoms with E-state index in [1.807, 2.05) is 18.2 Å². The molecule has 0 aliphatic carbocycles. The van der Waals surface area contributed by atoms with Crippen molar-refractivity contribution >= 4 is 5.91 Å². The van der Waals surface area contributed by atoms with Crippen molar-refractivity contribution in [3.8, 4) is 0 Å². The summed E-state index contributed by atoms with van der Waals surface area (Å²) in [5.41, 5.74) is 3.51. The molecule has 162 valence electrons. The fourth-order valence-corrected chi connectivity index (χ4v) is 4.07. The van der Waals surface area contributed by atoms with Crippen LogP contribution < -0.4 is 5.32 Å². The molecule has 1 atom stereocenters. The van der Waals surface area contributed by atoms with Gasteiger partial charge in [-0.3, -0.25) is 14.6 Å². The average molecular weight is 409 g/mol. The van der Waals surface area contributed by atoms with Crippen LogP contribution in [-0.4, -0.2) is 66.9 Å². The van der Waals surface area contributed by atoms with Crippen LogP contribution >= 0.6 is 0 Å². The molecule has 1 fully saturated rings. The van der Waals surface area contributed by atoms with Crippen molar-refractivity contribution in [1.29, 1.82) is 0 Å². The maximum absolute atomic E-state index is 13.3. The summed E-state index contributed by atoms with van der Waals surface area (Å²) in [5, 5.41) is 3.21. The van der Waals surface area contributed by atoms with E-state index in [1.54, 1.807) is 0 Å². The monoisotopic (exact) mass is 408 g/mol. The number of piperazine rings is 1. The molecule has 2 aromatic rings. The molecule has 0 aromatic heterocycles. The minimum atomic E-state index is -0.237. The van der Waals surface area contributed by atoms with Gasteiger partial charge in [0.25, 0.3) is 0 Å². The average Bonchev–Trinajstić information content (AvgIpc) is 2.78. The molecule has 5 heteroatoms. The molecular weight excluding hydrogens is 372 g/mol. The predicted molar refractivity (Wildman–Crippen MR) is 123 cm³/mol. The van der Waals surface area contributed by atoms with E-state index in [1.165, 1.54) is 5.56 Å². The molecule has 1 aliphatic heterocycles. The Morgan fingerprint density at radius 3 is 2.30 bits per heavy atom. The third-order valence-corrected chi connectivity index (χ3v) is 6.03. The van der Waals surface area contributed by atoms with Gasteiger partial charge >= 0.3 is 0 Å². The second-order valence-corrected chi connectivity index (χ2v) is 8.15. The third-order valence-electron chi connectivity index (χ3n) is 6.03. The zero-order chi connectivity index (χ0) is 21.3. The van der Waals surface area contributed by atoms with Gasteiger partial charge in [0.15, 0.2) is 0 Å². The number of hydrogen-bond acceptors (Lipinski definition) is 4. The lowest BCUT2D eigenvalue weighted by molar-refractivity contribution is -0.127. The largest absolute Gasteiger partial charge is 0.350 e. The first-order valence-electron chi connectivity index (χ1n) is 11.2. The number of likely N-dealkylation sites (N-methyl/N-ethyl adjacent to an activating group) is 1. The van der Waals surface area contributed by atoms with E-state index < -0.39 is 0 Å². The summed E-state index contributed by atoms with van der Waals surface area (Å²) >= 11 is 0. The molecule has 1 amide bonds. The van der Waals surface area contributed by atoms with Gasteiger partial charge in [0.05, 0.1) is 0 Å². The Bertz CT molecular complexity index is 783. The van der Waals surface area contributed by atoms with Crippen LogP contribution in [0, 0.1) is 0 Å². The Hall–Kier alpha value is -2.21. The first-order valence-corrected chi connectivity index (χ1v) is 11.2. The minimum Gasteiger partial charge on any atom is -0.350 e. The summed E-state index contributed by atoms with van der Waals surface area (Å²) in [4.78, 5) is 20.3. The first-order chi connectivity index (χ1) is 14.6. The van der Waals surface area contributed by atoms with Gasteiger partial charge in [0, 0.05) is 39.3 Å². The normalized spacial score (nSPS) is 16.5. The maximum atomic E-state index is 13.3. The summed E-state index contributed by atoms with van der Waals surface area (Å²) < 4.78 is 0. The Morgan fingerprint density at radius 2 is 1.63 bits per heavy atom. The SMILES string of the molecule is CCN(CC)Cc1cccc(CNC(=O)[C@H](c2ccccc2)N2CCN(C)CC2)c1. The van der Waals surface area contributed by atoms with E-state index in [9.17, 15) is 4.79 Å². The zero-order valence-corrected chi connectivity index (χ0v) is 18.7. The van der Waals surface area contributed by atoms with Gasteiger partial charge < -0.3 is 10.2 Å². The van der Waals surface area contributed by atoms with Crippen molar-refractivity contribution in [3.63, 3.8) is 0 Å². The van der Waals surface area contributed by atoms with Crippen LogP contribution in [-0.2, 0) is 17.9 Å². The molecule has 0 bridgehead atoms. The fraction of sp³-hybridized carbons (Fsp3) is 0.480. The first kappa shape index (κ1) is 22.5. The highest BCUT2D eigenvalue weighted by atomic mass is 16.2. The summed E-state index contributed by atoms with van der Waals surface area (Å²) in [6.07, 6.45) is 0. The zero-order valence-electron chi connectivity index (χ0n) is 18.7. The van der Waals surface area contributed by atoms with Crippen LogP contribution in [0.15, 0.2) is 54.6 Å². The molecule has 0 radical (unpaired) electrons. The van der Waals surface area contributed by atoms with Crippen molar-refractivity contribution in [1.82, 2.24) is 20.0 Å². The fourth-order valence-electron chi connectivity index (χ4n) is 4.07. The van der Waals surface area contributed by atoms with Gasteiger partial charge in [0.2, 0.25) is 5.91 Å². The number of nitrogens with zero attached hydrogens (tertiary/aromatic N) is 3. The quantitative estimate of drug-likeness (QED) is 0.692. The number of nitrogens with one attached hydrogen (secondary N) is 1. The highest BCUT2D eigenvalue weighted by Crippen LogP contribution is 2.22. The predicted octanol–water partition coefficient (Wildman–Crippen LogP) is 3.13. The number of benzene rings is 2. The van der Waals surface area contributed by atoms with E-state index in [4.69, 9.17) is 0 Å². The number of hydrogen-bond donors (Lipinski definition) is 1. The second kappa shape index (κ2) is 11.3. The van der Waals surface area contributed by atoms with Gasteiger partial charge in [-0.05, 0) is 36.8 Å². The molecule has 1 aliphatic rings. The molecule has 0 saturated carbocycles. The van der Waals surface area contributed by atoms with Gasteiger partial charge in [-0.15, -0.1) is 0 Å². The molecule has 0 unspecified atom stereocenters. The van der Waals surface area contributed by atoms with Crippen molar-refractivity contribution < 1.29 is 4.79 Å². The smallest absolute Gasteiger partial charge is 0.242 e. The van der Waals surface area contributed by atoms with E-state index in [0.29, 0.717) is 6.54 Å².